The van der Waals surface area contributed by atoms with Crippen LogP contribution in [0.4, 0.5) is 0 Å². The van der Waals surface area contributed by atoms with Crippen LogP contribution in [0.25, 0.3) is 5.57 Å². The van der Waals surface area contributed by atoms with Gasteiger partial charge in [0.2, 0.25) is 0 Å². The van der Waals surface area contributed by atoms with Gasteiger partial charge in [-0.2, -0.15) is 0 Å². The number of halogens is 1. The standard InChI is InChI=1S/C8H8ClN.C2H4/c1-6(2)8-4-3-7(9)5-10-8;1-2/h3-5H,1H2,2H3;1-2H2. The third-order valence-corrected chi connectivity index (χ3v) is 1.39. The van der Waals surface area contributed by atoms with Crippen molar-refractivity contribution < 1.29 is 0 Å². The van der Waals surface area contributed by atoms with Crippen molar-refractivity contribution in [3.8, 4) is 0 Å². The monoisotopic (exact) mass is 181 g/mol. The summed E-state index contributed by atoms with van der Waals surface area (Å²) in [6.45, 7) is 11.7. The van der Waals surface area contributed by atoms with Crippen LogP contribution in [-0.4, -0.2) is 4.98 Å². The molecule has 0 saturated heterocycles. The van der Waals surface area contributed by atoms with Gasteiger partial charge >= 0.3 is 0 Å². The van der Waals surface area contributed by atoms with Gasteiger partial charge in [0.1, 0.15) is 0 Å². The highest BCUT2D eigenvalue weighted by molar-refractivity contribution is 6.30. The van der Waals surface area contributed by atoms with Crippen LogP contribution in [0.3, 0.4) is 0 Å². The predicted octanol–water partition coefficient (Wildman–Crippen LogP) is 3.57. The molecule has 1 heterocycles. The Morgan fingerprint density at radius 3 is 2.33 bits per heavy atom. The van der Waals surface area contributed by atoms with Gasteiger partial charge < -0.3 is 0 Å². The highest BCUT2D eigenvalue weighted by atomic mass is 35.5. The van der Waals surface area contributed by atoms with Gasteiger partial charge in [-0.25, -0.2) is 0 Å². The van der Waals surface area contributed by atoms with Crippen LogP contribution in [0.15, 0.2) is 38.1 Å². The lowest BCUT2D eigenvalue weighted by molar-refractivity contribution is 1.27. The van der Waals surface area contributed by atoms with Gasteiger partial charge in [0, 0.05) is 6.20 Å². The smallest absolute Gasteiger partial charge is 0.0654 e. The Labute approximate surface area is 78.4 Å². The molecule has 0 saturated carbocycles. The molecular weight excluding hydrogens is 170 g/mol. The number of aromatic nitrogens is 1. The molecule has 0 aliphatic carbocycles. The predicted molar refractivity (Wildman–Crippen MR) is 55.2 cm³/mol. The second-order valence-corrected chi connectivity index (χ2v) is 2.58. The lowest BCUT2D eigenvalue weighted by atomic mass is 10.2. The van der Waals surface area contributed by atoms with Crippen molar-refractivity contribution in [2.75, 3.05) is 0 Å². The number of hydrogen-bond acceptors (Lipinski definition) is 1. The maximum absolute atomic E-state index is 5.62. The van der Waals surface area contributed by atoms with Crippen molar-refractivity contribution in [1.82, 2.24) is 4.98 Å². The molecule has 0 atom stereocenters. The van der Waals surface area contributed by atoms with Crippen LogP contribution in [0.5, 0.6) is 0 Å². The van der Waals surface area contributed by atoms with E-state index in [0.717, 1.165) is 11.3 Å². The maximum atomic E-state index is 5.62. The summed E-state index contributed by atoms with van der Waals surface area (Å²) in [5.74, 6) is 0. The molecule has 64 valence electrons. The van der Waals surface area contributed by atoms with Crippen LogP contribution in [0, 0.1) is 0 Å². The second-order valence-electron chi connectivity index (χ2n) is 2.14. The summed E-state index contributed by atoms with van der Waals surface area (Å²) >= 11 is 5.62. The number of hydrogen-bond donors (Lipinski definition) is 0. The molecule has 0 aromatic carbocycles. The normalized spacial score (nSPS) is 8.17. The van der Waals surface area contributed by atoms with Crippen LogP contribution in [-0.2, 0) is 0 Å². The van der Waals surface area contributed by atoms with E-state index in [4.69, 9.17) is 11.6 Å². The van der Waals surface area contributed by atoms with E-state index in [9.17, 15) is 0 Å². The number of rotatable bonds is 1. The van der Waals surface area contributed by atoms with Gasteiger partial charge in [0.05, 0.1) is 10.7 Å². The van der Waals surface area contributed by atoms with Crippen molar-refractivity contribution in [2.24, 2.45) is 0 Å². The lowest BCUT2D eigenvalue weighted by Gasteiger charge is -1.95. The van der Waals surface area contributed by atoms with E-state index >= 15 is 0 Å². The molecule has 1 aromatic heterocycles. The summed E-state index contributed by atoms with van der Waals surface area (Å²) in [6.07, 6.45) is 1.62. The third-order valence-electron chi connectivity index (χ3n) is 1.16. The molecule has 12 heavy (non-hydrogen) atoms. The lowest BCUT2D eigenvalue weighted by Crippen LogP contribution is -1.81. The van der Waals surface area contributed by atoms with E-state index in [2.05, 4.69) is 24.7 Å². The average molecular weight is 182 g/mol. The summed E-state index contributed by atoms with van der Waals surface area (Å²) in [5.41, 5.74) is 1.85. The van der Waals surface area contributed by atoms with Gasteiger partial charge in [0.15, 0.2) is 0 Å². The van der Waals surface area contributed by atoms with Crippen molar-refractivity contribution in [3.05, 3.63) is 48.8 Å². The minimum Gasteiger partial charge on any atom is -0.255 e. The molecular formula is C10H12ClN. The fourth-order valence-electron chi connectivity index (χ4n) is 0.628. The molecule has 0 unspecified atom stereocenters. The Bertz CT molecular complexity index is 251. The van der Waals surface area contributed by atoms with Gasteiger partial charge in [-0.1, -0.05) is 18.2 Å². The van der Waals surface area contributed by atoms with E-state index in [1.807, 2.05) is 13.0 Å². The van der Waals surface area contributed by atoms with E-state index in [-0.39, 0.29) is 0 Å². The molecule has 0 aliphatic rings. The quantitative estimate of drug-likeness (QED) is 0.604. The van der Waals surface area contributed by atoms with E-state index in [0.29, 0.717) is 5.02 Å². The van der Waals surface area contributed by atoms with Gasteiger partial charge in [-0.05, 0) is 24.6 Å². The summed E-state index contributed by atoms with van der Waals surface area (Å²) in [6, 6.07) is 3.66. The average Bonchev–Trinajstić information content (AvgIpc) is 2.09. The third kappa shape index (κ3) is 3.35. The van der Waals surface area contributed by atoms with Crippen LogP contribution < -0.4 is 0 Å². The highest BCUT2D eigenvalue weighted by Gasteiger charge is 1.92. The zero-order valence-electron chi connectivity index (χ0n) is 7.18. The van der Waals surface area contributed by atoms with Crippen molar-refractivity contribution in [1.29, 1.82) is 0 Å². The number of nitrogens with zero attached hydrogens (tertiary/aromatic N) is 1. The van der Waals surface area contributed by atoms with Gasteiger partial charge in [-0.3, -0.25) is 4.98 Å². The van der Waals surface area contributed by atoms with Crippen molar-refractivity contribution >= 4 is 17.2 Å². The van der Waals surface area contributed by atoms with E-state index in [1.54, 1.807) is 12.3 Å². The molecule has 1 nitrogen and oxygen atoms in total. The number of pyridine rings is 1. The van der Waals surface area contributed by atoms with Gasteiger partial charge in [-0.15, -0.1) is 13.2 Å². The summed E-state index contributed by atoms with van der Waals surface area (Å²) < 4.78 is 0. The SMILES string of the molecule is C=C.C=C(C)c1ccc(Cl)cn1. The largest absolute Gasteiger partial charge is 0.255 e. The molecule has 0 N–H and O–H groups in total. The van der Waals surface area contributed by atoms with Crippen molar-refractivity contribution in [3.63, 3.8) is 0 Å². The molecule has 0 fully saturated rings. The Morgan fingerprint density at radius 1 is 1.42 bits per heavy atom. The first-order chi connectivity index (χ1) is 5.70. The Morgan fingerprint density at radius 2 is 2.00 bits per heavy atom. The zero-order valence-corrected chi connectivity index (χ0v) is 7.93. The fraction of sp³-hybridized carbons (Fsp3) is 0.100. The molecule has 1 rings (SSSR count). The molecule has 0 bridgehead atoms. The minimum absolute atomic E-state index is 0.657. The first-order valence-corrected chi connectivity index (χ1v) is 3.85. The van der Waals surface area contributed by atoms with Crippen LogP contribution >= 0.6 is 11.6 Å². The molecule has 0 aliphatic heterocycles. The Kier molecular flexibility index (Phi) is 5.06. The van der Waals surface area contributed by atoms with Crippen LogP contribution in [0.1, 0.15) is 12.6 Å². The highest BCUT2D eigenvalue weighted by Crippen LogP contribution is 2.11. The first kappa shape index (κ1) is 10.9. The first-order valence-electron chi connectivity index (χ1n) is 3.47. The second kappa shape index (κ2) is 5.56. The molecule has 1 aromatic rings. The topological polar surface area (TPSA) is 12.9 Å². The summed E-state index contributed by atoms with van der Waals surface area (Å²) in [4.78, 5) is 4.05. The van der Waals surface area contributed by atoms with Crippen molar-refractivity contribution in [2.45, 2.75) is 6.92 Å². The summed E-state index contributed by atoms with van der Waals surface area (Å²) in [5, 5.41) is 0.657. The van der Waals surface area contributed by atoms with Crippen LogP contribution in [0.2, 0.25) is 5.02 Å². The molecule has 0 spiro atoms. The summed E-state index contributed by atoms with van der Waals surface area (Å²) in [7, 11) is 0. The number of allylic oxidation sites excluding steroid dienone is 1. The Hall–Kier alpha value is -1.08. The maximum Gasteiger partial charge on any atom is 0.0654 e. The van der Waals surface area contributed by atoms with E-state index < -0.39 is 0 Å². The van der Waals surface area contributed by atoms with E-state index in [1.165, 1.54) is 0 Å². The Balaban J connectivity index is 0.000000561. The fourth-order valence-corrected chi connectivity index (χ4v) is 0.740. The molecule has 2 heteroatoms. The minimum atomic E-state index is 0.657. The zero-order chi connectivity index (χ0) is 9.56. The molecule has 0 amide bonds. The van der Waals surface area contributed by atoms with Gasteiger partial charge in [0.25, 0.3) is 0 Å². The molecule has 0 radical (unpaired) electrons.